The van der Waals surface area contributed by atoms with Gasteiger partial charge in [0.1, 0.15) is 11.5 Å². The zero-order chi connectivity index (χ0) is 12.7. The number of carboxylic acid groups (broad SMARTS) is 1. The second kappa shape index (κ2) is 7.00. The summed E-state index contributed by atoms with van der Waals surface area (Å²) in [4.78, 5) is 22.2. The van der Waals surface area contributed by atoms with Crippen LogP contribution in [0.4, 0.5) is 0 Å². The number of carbonyl (C=O) groups excluding carboxylic acids is 1. The van der Waals surface area contributed by atoms with Crippen molar-refractivity contribution in [2.24, 2.45) is 5.73 Å². The fourth-order valence-corrected chi connectivity index (χ4v) is 1.93. The van der Waals surface area contributed by atoms with Crippen LogP contribution in [-0.4, -0.2) is 36.7 Å². The maximum absolute atomic E-state index is 10.6. The Morgan fingerprint density at radius 1 is 1.47 bits per heavy atom. The summed E-state index contributed by atoms with van der Waals surface area (Å²) >= 11 is 1.23. The van der Waals surface area contributed by atoms with Crippen LogP contribution >= 0.6 is 11.3 Å². The van der Waals surface area contributed by atoms with Crippen LogP contribution in [0, 0.1) is 0 Å². The van der Waals surface area contributed by atoms with Crippen LogP contribution in [0.25, 0.3) is 0 Å². The van der Waals surface area contributed by atoms with Gasteiger partial charge in [-0.2, -0.15) is 0 Å². The number of carboxylic acids is 1. The molecule has 0 radical (unpaired) electrons. The van der Waals surface area contributed by atoms with E-state index in [-0.39, 0.29) is 6.61 Å². The number of rotatable bonds is 8. The minimum absolute atomic E-state index is 0.0795. The maximum atomic E-state index is 10.6. The van der Waals surface area contributed by atoms with Gasteiger partial charge in [0.05, 0.1) is 6.61 Å². The molecule has 0 saturated carbocycles. The van der Waals surface area contributed by atoms with E-state index in [1.807, 2.05) is 0 Å². The van der Waals surface area contributed by atoms with Crippen LogP contribution in [0.2, 0.25) is 0 Å². The van der Waals surface area contributed by atoms with Gasteiger partial charge in [0.25, 0.3) is 0 Å². The van der Waals surface area contributed by atoms with Crippen molar-refractivity contribution in [3.8, 4) is 0 Å². The second-order valence-electron chi connectivity index (χ2n) is 3.27. The van der Waals surface area contributed by atoms with Gasteiger partial charge in [-0.3, -0.25) is 4.79 Å². The summed E-state index contributed by atoms with van der Waals surface area (Å²) in [6, 6.07) is 3.35. The second-order valence-corrected chi connectivity index (χ2v) is 4.44. The molecule has 1 heterocycles. The summed E-state index contributed by atoms with van der Waals surface area (Å²) in [6.07, 6.45) is 0. The SMILES string of the molecule is NC(=O)COCCNCc1ccc(C(=O)O)s1. The van der Waals surface area contributed by atoms with Crippen LogP contribution in [-0.2, 0) is 16.1 Å². The van der Waals surface area contributed by atoms with E-state index in [2.05, 4.69) is 5.32 Å². The highest BCUT2D eigenvalue weighted by molar-refractivity contribution is 7.13. The topological polar surface area (TPSA) is 102 Å². The number of carbonyl (C=O) groups is 2. The zero-order valence-corrected chi connectivity index (χ0v) is 9.96. The lowest BCUT2D eigenvalue weighted by atomic mass is 10.4. The first kappa shape index (κ1) is 13.6. The Labute approximate surface area is 102 Å². The molecule has 0 aliphatic rings. The predicted molar refractivity (Wildman–Crippen MR) is 63.0 cm³/mol. The van der Waals surface area contributed by atoms with E-state index >= 15 is 0 Å². The summed E-state index contributed by atoms with van der Waals surface area (Å²) in [7, 11) is 0. The fourth-order valence-electron chi connectivity index (χ4n) is 1.12. The van der Waals surface area contributed by atoms with E-state index in [4.69, 9.17) is 15.6 Å². The lowest BCUT2D eigenvalue weighted by Crippen LogP contribution is -2.23. The van der Waals surface area contributed by atoms with Gasteiger partial charge in [0, 0.05) is 18.0 Å². The van der Waals surface area contributed by atoms with Crippen LogP contribution < -0.4 is 11.1 Å². The average molecular weight is 258 g/mol. The molecule has 1 rings (SSSR count). The highest BCUT2D eigenvalue weighted by Crippen LogP contribution is 2.15. The van der Waals surface area contributed by atoms with Crippen LogP contribution in [0.1, 0.15) is 14.5 Å². The maximum Gasteiger partial charge on any atom is 0.345 e. The smallest absolute Gasteiger partial charge is 0.345 e. The van der Waals surface area contributed by atoms with Gasteiger partial charge in [-0.05, 0) is 12.1 Å². The molecule has 4 N–H and O–H groups in total. The number of primary amides is 1. The minimum Gasteiger partial charge on any atom is -0.477 e. The highest BCUT2D eigenvalue weighted by Gasteiger charge is 2.06. The number of hydrogen-bond acceptors (Lipinski definition) is 5. The summed E-state index contributed by atoms with van der Waals surface area (Å²) in [5, 5.41) is 11.8. The van der Waals surface area contributed by atoms with Crippen LogP contribution in [0.5, 0.6) is 0 Å². The molecule has 0 saturated heterocycles. The average Bonchev–Trinajstić information content (AvgIpc) is 2.71. The molecule has 0 aromatic carbocycles. The number of thiophene rings is 1. The Morgan fingerprint density at radius 3 is 2.82 bits per heavy atom. The molecule has 1 amide bonds. The fraction of sp³-hybridized carbons (Fsp3) is 0.400. The van der Waals surface area contributed by atoms with E-state index in [1.165, 1.54) is 11.3 Å². The summed E-state index contributed by atoms with van der Waals surface area (Å²) in [5.41, 5.74) is 4.89. The monoisotopic (exact) mass is 258 g/mol. The van der Waals surface area contributed by atoms with Crippen molar-refractivity contribution in [2.75, 3.05) is 19.8 Å². The molecule has 1 aromatic rings. The Balaban J connectivity index is 2.13. The first-order valence-corrected chi connectivity index (χ1v) is 5.80. The highest BCUT2D eigenvalue weighted by atomic mass is 32.1. The molecule has 0 aliphatic carbocycles. The third-order valence-corrected chi connectivity index (χ3v) is 2.91. The molecule has 1 aromatic heterocycles. The molecule has 7 heteroatoms. The van der Waals surface area contributed by atoms with Crippen molar-refractivity contribution >= 4 is 23.2 Å². The van der Waals surface area contributed by atoms with Gasteiger partial charge < -0.3 is 20.9 Å². The number of amides is 1. The molecular formula is C10H14N2O4S. The lowest BCUT2D eigenvalue weighted by molar-refractivity contribution is -0.122. The number of hydrogen-bond donors (Lipinski definition) is 3. The van der Waals surface area contributed by atoms with E-state index in [1.54, 1.807) is 12.1 Å². The van der Waals surface area contributed by atoms with E-state index < -0.39 is 11.9 Å². The molecule has 6 nitrogen and oxygen atoms in total. The van der Waals surface area contributed by atoms with Crippen LogP contribution in [0.3, 0.4) is 0 Å². The third-order valence-electron chi connectivity index (χ3n) is 1.84. The summed E-state index contributed by atoms with van der Waals surface area (Å²) in [6.45, 7) is 1.47. The minimum atomic E-state index is -0.911. The number of nitrogens with one attached hydrogen (secondary N) is 1. The van der Waals surface area contributed by atoms with E-state index in [0.29, 0.717) is 24.6 Å². The molecular weight excluding hydrogens is 244 g/mol. The van der Waals surface area contributed by atoms with Gasteiger partial charge in [-0.25, -0.2) is 4.79 Å². The summed E-state index contributed by atoms with van der Waals surface area (Å²) in [5.74, 6) is -1.40. The molecule has 0 unspecified atom stereocenters. The third kappa shape index (κ3) is 5.43. The largest absolute Gasteiger partial charge is 0.477 e. The summed E-state index contributed by atoms with van der Waals surface area (Å²) < 4.78 is 4.95. The lowest BCUT2D eigenvalue weighted by Gasteiger charge is -2.03. The zero-order valence-electron chi connectivity index (χ0n) is 9.14. The van der Waals surface area contributed by atoms with Gasteiger partial charge in [-0.1, -0.05) is 0 Å². The normalized spacial score (nSPS) is 10.4. The molecule has 0 fully saturated rings. The van der Waals surface area contributed by atoms with Crippen molar-refractivity contribution in [3.05, 3.63) is 21.9 Å². The molecule has 94 valence electrons. The molecule has 0 bridgehead atoms. The van der Waals surface area contributed by atoms with Crippen molar-refractivity contribution in [2.45, 2.75) is 6.54 Å². The van der Waals surface area contributed by atoms with E-state index in [9.17, 15) is 9.59 Å². The quantitative estimate of drug-likeness (QED) is 0.571. The molecule has 17 heavy (non-hydrogen) atoms. The van der Waals surface area contributed by atoms with Crippen molar-refractivity contribution in [3.63, 3.8) is 0 Å². The van der Waals surface area contributed by atoms with E-state index in [0.717, 1.165) is 4.88 Å². The Bertz CT molecular complexity index is 391. The number of aromatic carboxylic acids is 1. The molecule has 0 spiro atoms. The molecule has 0 atom stereocenters. The van der Waals surface area contributed by atoms with Crippen LogP contribution in [0.15, 0.2) is 12.1 Å². The molecule has 0 aliphatic heterocycles. The standard InChI is InChI=1S/C10H14N2O4S/c11-9(13)6-16-4-3-12-5-7-1-2-8(17-7)10(14)15/h1-2,12H,3-6H2,(H2,11,13)(H,14,15). The number of ether oxygens (including phenoxy) is 1. The Kier molecular flexibility index (Phi) is 5.61. The Hall–Kier alpha value is -1.44. The van der Waals surface area contributed by atoms with Gasteiger partial charge in [0.15, 0.2) is 0 Å². The Morgan fingerprint density at radius 2 is 2.24 bits per heavy atom. The van der Waals surface area contributed by atoms with Crippen molar-refractivity contribution < 1.29 is 19.4 Å². The van der Waals surface area contributed by atoms with Crippen molar-refractivity contribution in [1.82, 2.24) is 5.32 Å². The van der Waals surface area contributed by atoms with Gasteiger partial charge >= 0.3 is 5.97 Å². The first-order chi connectivity index (χ1) is 8.09. The first-order valence-electron chi connectivity index (χ1n) is 4.98. The predicted octanol–water partition coefficient (Wildman–Crippen LogP) is 0.0378. The number of nitrogens with two attached hydrogens (primary N) is 1. The van der Waals surface area contributed by atoms with Gasteiger partial charge in [0.2, 0.25) is 5.91 Å². The van der Waals surface area contributed by atoms with Gasteiger partial charge in [-0.15, -0.1) is 11.3 Å². The van der Waals surface area contributed by atoms with Crippen molar-refractivity contribution in [1.29, 1.82) is 0 Å².